The third kappa shape index (κ3) is 3.06. The Balaban J connectivity index is 1.83. The number of aryl methyl sites for hydroxylation is 1. The second kappa shape index (κ2) is 5.83. The summed E-state index contributed by atoms with van der Waals surface area (Å²) in [6.07, 6.45) is 0. The van der Waals surface area contributed by atoms with Crippen molar-refractivity contribution in [1.29, 1.82) is 0 Å². The second-order valence-corrected chi connectivity index (χ2v) is 5.82. The van der Waals surface area contributed by atoms with Crippen LogP contribution in [0, 0.1) is 6.92 Å². The molecule has 5 nitrogen and oxygen atoms in total. The molecule has 3 rings (SSSR count). The summed E-state index contributed by atoms with van der Waals surface area (Å²) in [6.45, 7) is 2.32. The number of benzene rings is 1. The molecule has 2 aromatic heterocycles. The Hall–Kier alpha value is -1.92. The van der Waals surface area contributed by atoms with E-state index < -0.39 is 0 Å². The molecule has 3 aromatic rings. The molecule has 1 aromatic carbocycles. The molecular weight excluding hydrogens is 310 g/mol. The zero-order valence-electron chi connectivity index (χ0n) is 11.2. The number of aromatic nitrogens is 3. The van der Waals surface area contributed by atoms with Crippen molar-refractivity contribution in [2.75, 3.05) is 0 Å². The Kier molecular flexibility index (Phi) is 3.90. The maximum absolute atomic E-state index is 11.9. The summed E-state index contributed by atoms with van der Waals surface area (Å²) < 4.78 is 6.92. The quantitative estimate of drug-likeness (QED) is 0.693. The van der Waals surface area contributed by atoms with E-state index in [2.05, 4.69) is 10.1 Å². The average Bonchev–Trinajstić information content (AvgIpc) is 2.90. The van der Waals surface area contributed by atoms with E-state index in [0.717, 1.165) is 5.75 Å². The fraction of sp³-hybridized carbons (Fsp3) is 0.214. The minimum Gasteiger partial charge on any atom is -0.486 e. The van der Waals surface area contributed by atoms with Gasteiger partial charge >= 0.3 is 0 Å². The zero-order chi connectivity index (χ0) is 14.8. The van der Waals surface area contributed by atoms with Crippen molar-refractivity contribution in [2.24, 2.45) is 0 Å². The third-order valence-corrected chi connectivity index (χ3v) is 4.02. The van der Waals surface area contributed by atoms with E-state index in [-0.39, 0.29) is 11.4 Å². The van der Waals surface area contributed by atoms with Crippen LogP contribution in [0.1, 0.15) is 16.3 Å². The summed E-state index contributed by atoms with van der Waals surface area (Å²) >= 11 is 7.03. The minimum atomic E-state index is -0.228. The van der Waals surface area contributed by atoms with Gasteiger partial charge < -0.3 is 4.74 Å². The van der Waals surface area contributed by atoms with Gasteiger partial charge in [0.1, 0.15) is 12.4 Å². The molecule has 0 atom stereocenters. The van der Waals surface area contributed by atoms with Crippen LogP contribution in [0.2, 0.25) is 0 Å². The van der Waals surface area contributed by atoms with Gasteiger partial charge in [0.15, 0.2) is 5.01 Å². The van der Waals surface area contributed by atoms with Gasteiger partial charge in [0.2, 0.25) is 4.96 Å². The number of fused-ring (bicyclic) bond motifs is 1. The van der Waals surface area contributed by atoms with Crippen molar-refractivity contribution in [3.8, 4) is 5.75 Å². The lowest BCUT2D eigenvalue weighted by Gasteiger charge is -2.03. The van der Waals surface area contributed by atoms with Gasteiger partial charge in [-0.1, -0.05) is 29.0 Å². The normalized spacial score (nSPS) is 11.0. The molecule has 7 heteroatoms. The van der Waals surface area contributed by atoms with Crippen molar-refractivity contribution < 1.29 is 4.74 Å². The summed E-state index contributed by atoms with van der Waals surface area (Å²) in [6, 6.07) is 9.15. The Bertz CT molecular complexity index is 826. The predicted octanol–water partition coefficient (Wildman–Crippen LogP) is 2.78. The molecule has 0 radical (unpaired) electrons. The van der Waals surface area contributed by atoms with Crippen LogP contribution < -0.4 is 10.3 Å². The van der Waals surface area contributed by atoms with Gasteiger partial charge in [-0.15, -0.1) is 11.6 Å². The van der Waals surface area contributed by atoms with Crippen LogP contribution >= 0.6 is 22.9 Å². The molecule has 0 aliphatic rings. The number of alkyl halides is 1. The van der Waals surface area contributed by atoms with Crippen LogP contribution in [0.25, 0.3) is 4.96 Å². The lowest BCUT2D eigenvalue weighted by molar-refractivity contribution is 0.304. The van der Waals surface area contributed by atoms with Gasteiger partial charge in [-0.2, -0.15) is 9.61 Å². The van der Waals surface area contributed by atoms with Crippen molar-refractivity contribution >= 4 is 27.9 Å². The monoisotopic (exact) mass is 321 g/mol. The highest BCUT2D eigenvalue weighted by Crippen LogP contribution is 2.17. The van der Waals surface area contributed by atoms with Crippen LogP contribution in [0.4, 0.5) is 0 Å². The first kappa shape index (κ1) is 14.0. The number of halogens is 1. The second-order valence-electron chi connectivity index (χ2n) is 4.51. The van der Waals surface area contributed by atoms with Crippen molar-refractivity contribution in [3.05, 3.63) is 57.0 Å². The third-order valence-electron chi connectivity index (χ3n) is 2.86. The van der Waals surface area contributed by atoms with E-state index in [1.807, 2.05) is 31.2 Å². The van der Waals surface area contributed by atoms with Crippen LogP contribution in [-0.2, 0) is 12.5 Å². The van der Waals surface area contributed by atoms with E-state index in [4.69, 9.17) is 16.3 Å². The van der Waals surface area contributed by atoms with Crippen molar-refractivity contribution in [3.63, 3.8) is 0 Å². The van der Waals surface area contributed by atoms with Crippen LogP contribution in [0.3, 0.4) is 0 Å². The van der Waals surface area contributed by atoms with Gasteiger partial charge in [-0.25, -0.2) is 4.98 Å². The fourth-order valence-electron chi connectivity index (χ4n) is 1.80. The predicted molar refractivity (Wildman–Crippen MR) is 82.2 cm³/mol. The van der Waals surface area contributed by atoms with Gasteiger partial charge in [0.25, 0.3) is 5.56 Å². The number of nitrogens with zero attached hydrogens (tertiary/aromatic N) is 3. The van der Waals surface area contributed by atoms with Gasteiger partial charge in [0.05, 0.1) is 11.6 Å². The number of rotatable bonds is 4. The van der Waals surface area contributed by atoms with E-state index in [9.17, 15) is 4.79 Å². The Morgan fingerprint density at radius 1 is 1.33 bits per heavy atom. The van der Waals surface area contributed by atoms with Crippen molar-refractivity contribution in [1.82, 2.24) is 14.6 Å². The smallest absolute Gasteiger partial charge is 0.275 e. The Labute approximate surface area is 129 Å². The number of hydrogen-bond donors (Lipinski definition) is 0. The van der Waals surface area contributed by atoms with Crippen LogP contribution in [0.5, 0.6) is 5.75 Å². The first-order valence-corrected chi connectivity index (χ1v) is 7.65. The van der Waals surface area contributed by atoms with Gasteiger partial charge in [0, 0.05) is 6.07 Å². The molecule has 2 heterocycles. The summed E-state index contributed by atoms with van der Waals surface area (Å²) in [4.78, 5) is 16.7. The highest BCUT2D eigenvalue weighted by molar-refractivity contribution is 7.16. The molecule has 0 aliphatic carbocycles. The summed E-state index contributed by atoms with van der Waals surface area (Å²) in [5.74, 6) is 0.973. The average molecular weight is 322 g/mol. The summed E-state index contributed by atoms with van der Waals surface area (Å²) in [5.41, 5.74) is 1.50. The number of hydrogen-bond acceptors (Lipinski definition) is 5. The molecule has 0 spiro atoms. The molecule has 0 aliphatic heterocycles. The van der Waals surface area contributed by atoms with Crippen molar-refractivity contribution in [2.45, 2.75) is 19.4 Å². The summed E-state index contributed by atoms with van der Waals surface area (Å²) in [5, 5.41) is 4.90. The lowest BCUT2D eigenvalue weighted by atomic mass is 10.2. The molecule has 108 valence electrons. The molecule has 0 fully saturated rings. The summed E-state index contributed by atoms with van der Waals surface area (Å²) in [7, 11) is 0. The van der Waals surface area contributed by atoms with Gasteiger partial charge in [-0.05, 0) is 19.1 Å². The molecule has 0 amide bonds. The molecular formula is C14H12ClN3O2S. The van der Waals surface area contributed by atoms with E-state index >= 15 is 0 Å². The highest BCUT2D eigenvalue weighted by atomic mass is 35.5. The maximum atomic E-state index is 11.9. The standard InChI is InChI=1S/C14H12ClN3O2S/c1-9-2-4-11(5-3-9)20-8-12-17-18-13(19)6-10(7-15)16-14(18)21-12/h2-6H,7-8H2,1H3. The zero-order valence-corrected chi connectivity index (χ0v) is 12.8. The number of ether oxygens (including phenoxy) is 1. The van der Waals surface area contributed by atoms with E-state index in [1.54, 1.807) is 0 Å². The molecule has 0 bridgehead atoms. The minimum absolute atomic E-state index is 0.207. The maximum Gasteiger partial charge on any atom is 0.275 e. The van der Waals surface area contributed by atoms with Crippen LogP contribution in [0.15, 0.2) is 35.1 Å². The van der Waals surface area contributed by atoms with Crippen LogP contribution in [-0.4, -0.2) is 14.6 Å². The SMILES string of the molecule is Cc1ccc(OCc2nn3c(=O)cc(CCl)nc3s2)cc1. The molecule has 0 saturated heterocycles. The first-order valence-electron chi connectivity index (χ1n) is 6.30. The molecule has 21 heavy (non-hydrogen) atoms. The van der Waals surface area contributed by atoms with Gasteiger partial charge in [-0.3, -0.25) is 4.79 Å². The molecule has 0 unspecified atom stereocenters. The van der Waals surface area contributed by atoms with E-state index in [0.29, 0.717) is 22.3 Å². The Morgan fingerprint density at radius 3 is 2.81 bits per heavy atom. The first-order chi connectivity index (χ1) is 10.2. The molecule has 0 saturated carbocycles. The molecule has 0 N–H and O–H groups in total. The highest BCUT2D eigenvalue weighted by Gasteiger charge is 2.09. The fourth-order valence-corrected chi connectivity index (χ4v) is 2.77. The Morgan fingerprint density at radius 2 is 2.10 bits per heavy atom. The lowest BCUT2D eigenvalue weighted by Crippen LogP contribution is -2.15. The largest absolute Gasteiger partial charge is 0.486 e. The topological polar surface area (TPSA) is 56.5 Å². The van der Waals surface area contributed by atoms with E-state index in [1.165, 1.54) is 27.5 Å².